The molecule has 0 bridgehead atoms. The molecule has 90 valence electrons. The monoisotopic (exact) mass is 247 g/mol. The molecule has 0 unspecified atom stereocenters. The van der Waals surface area contributed by atoms with Gasteiger partial charge in [0.05, 0.1) is 5.69 Å². The molecular weight excluding hydrogens is 230 g/mol. The summed E-state index contributed by atoms with van der Waals surface area (Å²) in [7, 11) is 4.10. The number of rotatable bonds is 4. The van der Waals surface area contributed by atoms with Gasteiger partial charge in [0.25, 0.3) is 0 Å². The first kappa shape index (κ1) is 11.9. The molecule has 2 N–H and O–H groups in total. The Morgan fingerprint density at radius 2 is 1.88 bits per heavy atom. The molecule has 0 saturated heterocycles. The molecule has 1 heterocycles. The lowest BCUT2D eigenvalue weighted by Gasteiger charge is -2.12. The number of benzene rings is 1. The van der Waals surface area contributed by atoms with Crippen molar-refractivity contribution < 1.29 is 0 Å². The van der Waals surface area contributed by atoms with E-state index in [4.69, 9.17) is 5.73 Å². The zero-order valence-electron chi connectivity index (χ0n) is 10.2. The zero-order valence-corrected chi connectivity index (χ0v) is 11.0. The van der Waals surface area contributed by atoms with Crippen LogP contribution in [0.15, 0.2) is 29.6 Å². The molecule has 3 nitrogen and oxygen atoms in total. The van der Waals surface area contributed by atoms with Crippen molar-refractivity contribution in [1.82, 2.24) is 4.98 Å². The zero-order chi connectivity index (χ0) is 12.3. The van der Waals surface area contributed by atoms with Gasteiger partial charge in [0.2, 0.25) is 0 Å². The first-order valence-corrected chi connectivity index (χ1v) is 6.49. The highest BCUT2D eigenvalue weighted by Crippen LogP contribution is 2.16. The number of anilines is 2. The van der Waals surface area contributed by atoms with E-state index in [-0.39, 0.29) is 0 Å². The molecule has 1 aromatic carbocycles. The summed E-state index contributed by atoms with van der Waals surface area (Å²) in [5, 5.41) is 2.69. The normalized spacial score (nSPS) is 10.5. The Kier molecular flexibility index (Phi) is 3.64. The first-order valence-electron chi connectivity index (χ1n) is 5.61. The Balaban J connectivity index is 1.95. The molecule has 0 atom stereocenters. The summed E-state index contributed by atoms with van der Waals surface area (Å²) in [6.45, 7) is 0. The lowest BCUT2D eigenvalue weighted by Crippen LogP contribution is -2.08. The summed E-state index contributed by atoms with van der Waals surface area (Å²) < 4.78 is 0. The maximum atomic E-state index is 5.60. The van der Waals surface area contributed by atoms with Crippen molar-refractivity contribution >= 4 is 22.2 Å². The standard InChI is InChI=1S/C13H17N3S/c1-16(2)12-7-4-10(5-8-12)3-6-11-9-17-13(14)15-11/h4-5,7-9H,3,6H2,1-2H3,(H2,14,15). The Labute approximate surface area is 106 Å². The van der Waals surface area contributed by atoms with Crippen LogP contribution in [0.3, 0.4) is 0 Å². The summed E-state index contributed by atoms with van der Waals surface area (Å²) in [5.74, 6) is 0. The van der Waals surface area contributed by atoms with E-state index in [1.54, 1.807) is 0 Å². The number of nitrogens with zero attached hydrogens (tertiary/aromatic N) is 2. The van der Waals surface area contributed by atoms with Crippen LogP contribution in [0.1, 0.15) is 11.3 Å². The van der Waals surface area contributed by atoms with E-state index in [0.29, 0.717) is 5.13 Å². The van der Waals surface area contributed by atoms with E-state index >= 15 is 0 Å². The third-order valence-electron chi connectivity index (χ3n) is 2.69. The average Bonchev–Trinajstić information content (AvgIpc) is 2.73. The number of thiazole rings is 1. The predicted molar refractivity (Wildman–Crippen MR) is 74.7 cm³/mol. The smallest absolute Gasteiger partial charge is 0.180 e. The number of nitrogens with two attached hydrogens (primary N) is 1. The van der Waals surface area contributed by atoms with Gasteiger partial charge in [-0.05, 0) is 30.5 Å². The number of hydrogen-bond donors (Lipinski definition) is 1. The lowest BCUT2D eigenvalue weighted by molar-refractivity contribution is 0.927. The molecule has 0 aliphatic heterocycles. The fourth-order valence-corrected chi connectivity index (χ4v) is 2.27. The first-order chi connectivity index (χ1) is 8.15. The van der Waals surface area contributed by atoms with Gasteiger partial charge < -0.3 is 10.6 Å². The van der Waals surface area contributed by atoms with Crippen molar-refractivity contribution in [2.24, 2.45) is 0 Å². The summed E-state index contributed by atoms with van der Waals surface area (Å²) in [4.78, 5) is 6.36. The highest BCUT2D eigenvalue weighted by molar-refractivity contribution is 7.13. The molecule has 1 aromatic heterocycles. The molecule has 0 fully saturated rings. The van der Waals surface area contributed by atoms with Crippen LogP contribution in [0.5, 0.6) is 0 Å². The van der Waals surface area contributed by atoms with Crippen LogP contribution in [-0.2, 0) is 12.8 Å². The van der Waals surface area contributed by atoms with E-state index in [1.807, 2.05) is 19.5 Å². The highest BCUT2D eigenvalue weighted by Gasteiger charge is 2.01. The van der Waals surface area contributed by atoms with Crippen LogP contribution in [0, 0.1) is 0 Å². The van der Waals surface area contributed by atoms with Gasteiger partial charge in [-0.1, -0.05) is 12.1 Å². The summed E-state index contributed by atoms with van der Waals surface area (Å²) in [6, 6.07) is 8.63. The Bertz CT molecular complexity index is 474. The van der Waals surface area contributed by atoms with E-state index in [0.717, 1.165) is 18.5 Å². The fraction of sp³-hybridized carbons (Fsp3) is 0.308. The molecule has 2 aromatic rings. The highest BCUT2D eigenvalue weighted by atomic mass is 32.1. The van der Waals surface area contributed by atoms with E-state index in [2.05, 4.69) is 34.1 Å². The van der Waals surface area contributed by atoms with Crippen molar-refractivity contribution in [2.45, 2.75) is 12.8 Å². The summed E-state index contributed by atoms with van der Waals surface area (Å²) >= 11 is 1.51. The number of nitrogen functional groups attached to an aromatic ring is 1. The van der Waals surface area contributed by atoms with Crippen LogP contribution < -0.4 is 10.6 Å². The molecule has 4 heteroatoms. The van der Waals surface area contributed by atoms with Crippen molar-refractivity contribution in [1.29, 1.82) is 0 Å². The van der Waals surface area contributed by atoms with Crippen molar-refractivity contribution in [2.75, 3.05) is 24.7 Å². The molecule has 0 saturated carbocycles. The summed E-state index contributed by atoms with van der Waals surface area (Å²) in [6.07, 6.45) is 1.96. The topological polar surface area (TPSA) is 42.1 Å². The molecule has 0 aliphatic carbocycles. The number of aromatic nitrogens is 1. The van der Waals surface area contributed by atoms with Gasteiger partial charge >= 0.3 is 0 Å². The second-order valence-corrected chi connectivity index (χ2v) is 5.13. The molecule has 2 rings (SSSR count). The quantitative estimate of drug-likeness (QED) is 0.903. The largest absolute Gasteiger partial charge is 0.378 e. The van der Waals surface area contributed by atoms with Gasteiger partial charge in [0.15, 0.2) is 5.13 Å². The molecular formula is C13H17N3S. The van der Waals surface area contributed by atoms with Gasteiger partial charge in [-0.15, -0.1) is 11.3 Å². The van der Waals surface area contributed by atoms with Gasteiger partial charge in [0.1, 0.15) is 0 Å². The fourth-order valence-electron chi connectivity index (χ4n) is 1.67. The van der Waals surface area contributed by atoms with Gasteiger partial charge in [0, 0.05) is 25.2 Å². The Morgan fingerprint density at radius 3 is 2.41 bits per heavy atom. The predicted octanol–water partition coefficient (Wildman–Crippen LogP) is 2.58. The van der Waals surface area contributed by atoms with Crippen molar-refractivity contribution in [3.8, 4) is 0 Å². The average molecular weight is 247 g/mol. The van der Waals surface area contributed by atoms with E-state index in [1.165, 1.54) is 22.6 Å². The van der Waals surface area contributed by atoms with Crippen LogP contribution in [0.25, 0.3) is 0 Å². The number of hydrogen-bond acceptors (Lipinski definition) is 4. The minimum atomic E-state index is 0.656. The Hall–Kier alpha value is -1.55. The van der Waals surface area contributed by atoms with E-state index < -0.39 is 0 Å². The molecule has 0 spiro atoms. The molecule has 0 radical (unpaired) electrons. The van der Waals surface area contributed by atoms with Crippen molar-refractivity contribution in [3.63, 3.8) is 0 Å². The Morgan fingerprint density at radius 1 is 1.18 bits per heavy atom. The SMILES string of the molecule is CN(C)c1ccc(CCc2csc(N)n2)cc1. The van der Waals surface area contributed by atoms with Crippen LogP contribution in [0.2, 0.25) is 0 Å². The summed E-state index contributed by atoms with van der Waals surface area (Å²) in [5.41, 5.74) is 9.25. The van der Waals surface area contributed by atoms with Crippen LogP contribution in [-0.4, -0.2) is 19.1 Å². The minimum absolute atomic E-state index is 0.656. The third-order valence-corrected chi connectivity index (χ3v) is 3.41. The lowest BCUT2D eigenvalue weighted by atomic mass is 10.1. The van der Waals surface area contributed by atoms with Crippen LogP contribution >= 0.6 is 11.3 Å². The third kappa shape index (κ3) is 3.20. The maximum absolute atomic E-state index is 5.60. The van der Waals surface area contributed by atoms with Gasteiger partial charge in [-0.25, -0.2) is 4.98 Å². The van der Waals surface area contributed by atoms with Crippen molar-refractivity contribution in [3.05, 3.63) is 40.9 Å². The number of aryl methyl sites for hydroxylation is 2. The molecule has 17 heavy (non-hydrogen) atoms. The van der Waals surface area contributed by atoms with Gasteiger partial charge in [-0.3, -0.25) is 0 Å². The molecule has 0 aliphatic rings. The maximum Gasteiger partial charge on any atom is 0.180 e. The second-order valence-electron chi connectivity index (χ2n) is 4.24. The second kappa shape index (κ2) is 5.19. The van der Waals surface area contributed by atoms with Gasteiger partial charge in [-0.2, -0.15) is 0 Å². The molecule has 0 amide bonds. The van der Waals surface area contributed by atoms with Crippen LogP contribution in [0.4, 0.5) is 10.8 Å². The van der Waals surface area contributed by atoms with E-state index in [9.17, 15) is 0 Å². The minimum Gasteiger partial charge on any atom is -0.378 e.